The standard InChI is InChI=1S/C13H15ClO4S/c1-9(2)18-12(15)13(7-8-13)19(16,17)11-5-3-10(14)4-6-11/h3-6,9H,7-8H2,1-2H3. The van der Waals surface area contributed by atoms with Crippen LogP contribution in [0.1, 0.15) is 26.7 Å². The molecule has 0 aliphatic heterocycles. The van der Waals surface area contributed by atoms with Crippen LogP contribution in [0.4, 0.5) is 0 Å². The molecule has 4 nitrogen and oxygen atoms in total. The van der Waals surface area contributed by atoms with Gasteiger partial charge in [-0.25, -0.2) is 8.42 Å². The highest BCUT2D eigenvalue weighted by atomic mass is 35.5. The lowest BCUT2D eigenvalue weighted by Gasteiger charge is -2.17. The minimum absolute atomic E-state index is 0.107. The van der Waals surface area contributed by atoms with Gasteiger partial charge in [-0.2, -0.15) is 0 Å². The molecule has 1 aliphatic rings. The van der Waals surface area contributed by atoms with E-state index in [2.05, 4.69) is 0 Å². The second-order valence-electron chi connectivity index (χ2n) is 4.91. The molecular weight excluding hydrogens is 288 g/mol. The van der Waals surface area contributed by atoms with Crippen molar-refractivity contribution < 1.29 is 17.9 Å². The second-order valence-corrected chi connectivity index (χ2v) is 7.60. The Bertz CT molecular complexity index is 586. The molecule has 19 heavy (non-hydrogen) atoms. The Labute approximate surface area is 117 Å². The number of carbonyl (C=O) groups excluding carboxylic acids is 1. The Kier molecular flexibility index (Phi) is 3.62. The molecule has 1 aromatic carbocycles. The van der Waals surface area contributed by atoms with E-state index in [-0.39, 0.29) is 11.0 Å². The van der Waals surface area contributed by atoms with Crippen molar-refractivity contribution in [3.63, 3.8) is 0 Å². The van der Waals surface area contributed by atoms with Crippen LogP contribution in [0.2, 0.25) is 5.02 Å². The Balaban J connectivity index is 2.34. The van der Waals surface area contributed by atoms with Gasteiger partial charge in [-0.05, 0) is 51.0 Å². The summed E-state index contributed by atoms with van der Waals surface area (Å²) in [5, 5.41) is 0.452. The zero-order valence-corrected chi connectivity index (χ0v) is 12.3. The fourth-order valence-corrected chi connectivity index (χ4v) is 3.84. The Morgan fingerprint density at radius 2 is 1.79 bits per heavy atom. The summed E-state index contributed by atoms with van der Waals surface area (Å²) in [5.41, 5.74) is 0. The third kappa shape index (κ3) is 2.49. The Morgan fingerprint density at radius 1 is 1.26 bits per heavy atom. The first-order valence-electron chi connectivity index (χ1n) is 6.01. The maximum Gasteiger partial charge on any atom is 0.328 e. The number of hydrogen-bond donors (Lipinski definition) is 0. The number of esters is 1. The Morgan fingerprint density at radius 3 is 2.21 bits per heavy atom. The van der Waals surface area contributed by atoms with Crippen molar-refractivity contribution in [2.24, 2.45) is 0 Å². The quantitative estimate of drug-likeness (QED) is 0.802. The summed E-state index contributed by atoms with van der Waals surface area (Å²) >= 11 is 5.74. The molecule has 1 aliphatic carbocycles. The van der Waals surface area contributed by atoms with Crippen LogP contribution in [0.3, 0.4) is 0 Å². The average Bonchev–Trinajstić information content (AvgIpc) is 3.09. The number of halogens is 1. The molecule has 0 bridgehead atoms. The van der Waals surface area contributed by atoms with E-state index in [1.54, 1.807) is 13.8 Å². The average molecular weight is 303 g/mol. The largest absolute Gasteiger partial charge is 0.462 e. The highest BCUT2D eigenvalue weighted by Gasteiger charge is 2.62. The monoisotopic (exact) mass is 302 g/mol. The lowest BCUT2D eigenvalue weighted by Crippen LogP contribution is -2.35. The van der Waals surface area contributed by atoms with Gasteiger partial charge < -0.3 is 4.74 Å². The second kappa shape index (κ2) is 4.80. The molecule has 1 fully saturated rings. The molecule has 0 amide bonds. The van der Waals surface area contributed by atoms with Crippen LogP contribution in [0.5, 0.6) is 0 Å². The maximum absolute atomic E-state index is 12.5. The third-order valence-electron chi connectivity index (χ3n) is 3.06. The van der Waals surface area contributed by atoms with E-state index >= 15 is 0 Å². The minimum Gasteiger partial charge on any atom is -0.462 e. The molecule has 0 aromatic heterocycles. The van der Waals surface area contributed by atoms with E-state index in [1.807, 2.05) is 0 Å². The molecule has 0 spiro atoms. The third-order valence-corrected chi connectivity index (χ3v) is 5.81. The van der Waals surface area contributed by atoms with E-state index in [1.165, 1.54) is 24.3 Å². The molecule has 0 saturated heterocycles. The van der Waals surface area contributed by atoms with Crippen LogP contribution in [0.15, 0.2) is 29.2 Å². The van der Waals surface area contributed by atoms with Gasteiger partial charge in [-0.15, -0.1) is 0 Å². The lowest BCUT2D eigenvalue weighted by molar-refractivity contribution is -0.147. The summed E-state index contributed by atoms with van der Waals surface area (Å²) in [6.07, 6.45) is 0.290. The van der Waals surface area contributed by atoms with Gasteiger partial charge in [0.25, 0.3) is 0 Å². The molecule has 1 aromatic rings. The molecule has 1 saturated carbocycles. The first kappa shape index (κ1) is 14.3. The van der Waals surface area contributed by atoms with Crippen molar-refractivity contribution in [3.8, 4) is 0 Å². The van der Waals surface area contributed by atoms with Gasteiger partial charge in [0.15, 0.2) is 14.6 Å². The summed E-state index contributed by atoms with van der Waals surface area (Å²) in [6.45, 7) is 3.39. The summed E-state index contributed by atoms with van der Waals surface area (Å²) < 4.78 is 28.7. The normalized spacial score (nSPS) is 17.3. The fraction of sp³-hybridized carbons (Fsp3) is 0.462. The molecule has 0 unspecified atom stereocenters. The highest BCUT2D eigenvalue weighted by Crippen LogP contribution is 2.48. The van der Waals surface area contributed by atoms with Gasteiger partial charge >= 0.3 is 5.97 Å². The van der Waals surface area contributed by atoms with Gasteiger partial charge in [0.1, 0.15) is 0 Å². The van der Waals surface area contributed by atoms with Crippen LogP contribution >= 0.6 is 11.6 Å². The SMILES string of the molecule is CC(C)OC(=O)C1(S(=O)(=O)c2ccc(Cl)cc2)CC1. The van der Waals surface area contributed by atoms with Crippen molar-refractivity contribution >= 4 is 27.4 Å². The molecular formula is C13H15ClO4S. The topological polar surface area (TPSA) is 60.4 Å². The zero-order valence-electron chi connectivity index (χ0n) is 10.7. The van der Waals surface area contributed by atoms with Crippen molar-refractivity contribution in [3.05, 3.63) is 29.3 Å². The fourth-order valence-electron chi connectivity index (χ4n) is 1.86. The minimum atomic E-state index is -3.72. The summed E-state index contributed by atoms with van der Waals surface area (Å²) in [5.74, 6) is -0.655. The van der Waals surface area contributed by atoms with Gasteiger partial charge in [0, 0.05) is 5.02 Å². The smallest absolute Gasteiger partial charge is 0.328 e. The molecule has 104 valence electrons. The number of benzene rings is 1. The first-order valence-corrected chi connectivity index (χ1v) is 7.87. The van der Waals surface area contributed by atoms with E-state index in [0.717, 1.165) is 0 Å². The van der Waals surface area contributed by atoms with E-state index in [9.17, 15) is 13.2 Å². The predicted molar refractivity (Wildman–Crippen MR) is 71.8 cm³/mol. The van der Waals surface area contributed by atoms with Crippen molar-refractivity contribution in [2.75, 3.05) is 0 Å². The molecule has 2 rings (SSSR count). The van der Waals surface area contributed by atoms with E-state index < -0.39 is 20.6 Å². The number of sulfone groups is 1. The van der Waals surface area contributed by atoms with Crippen LogP contribution < -0.4 is 0 Å². The van der Waals surface area contributed by atoms with Gasteiger partial charge in [0.05, 0.1) is 11.0 Å². The molecule has 0 N–H and O–H groups in total. The highest BCUT2D eigenvalue weighted by molar-refractivity contribution is 7.94. The van der Waals surface area contributed by atoms with Crippen LogP contribution in [-0.2, 0) is 19.4 Å². The van der Waals surface area contributed by atoms with Gasteiger partial charge in [-0.1, -0.05) is 11.6 Å². The molecule has 0 heterocycles. The molecule has 0 atom stereocenters. The zero-order chi connectivity index (χ0) is 14.3. The molecule has 6 heteroatoms. The number of hydrogen-bond acceptors (Lipinski definition) is 4. The summed E-state index contributed by atoms with van der Waals surface area (Å²) in [7, 11) is -3.72. The Hall–Kier alpha value is -1.07. The van der Waals surface area contributed by atoms with E-state index in [0.29, 0.717) is 17.9 Å². The number of ether oxygens (including phenoxy) is 1. The van der Waals surface area contributed by atoms with Crippen LogP contribution in [-0.4, -0.2) is 25.2 Å². The number of carbonyl (C=O) groups is 1. The first-order chi connectivity index (χ1) is 8.79. The van der Waals surface area contributed by atoms with Crippen LogP contribution in [0, 0.1) is 0 Å². The van der Waals surface area contributed by atoms with E-state index in [4.69, 9.17) is 16.3 Å². The summed E-state index contributed by atoms with van der Waals surface area (Å²) in [6, 6.07) is 5.83. The van der Waals surface area contributed by atoms with Crippen molar-refractivity contribution in [1.82, 2.24) is 0 Å². The molecule has 0 radical (unpaired) electrons. The predicted octanol–water partition coefficient (Wildman–Crippen LogP) is 2.60. The van der Waals surface area contributed by atoms with Crippen LogP contribution in [0.25, 0.3) is 0 Å². The number of rotatable bonds is 4. The summed E-state index contributed by atoms with van der Waals surface area (Å²) in [4.78, 5) is 12.1. The van der Waals surface area contributed by atoms with Gasteiger partial charge in [-0.3, -0.25) is 4.79 Å². The van der Waals surface area contributed by atoms with Gasteiger partial charge in [0.2, 0.25) is 0 Å². The van der Waals surface area contributed by atoms with Crippen molar-refractivity contribution in [2.45, 2.75) is 42.4 Å². The van der Waals surface area contributed by atoms with Crippen molar-refractivity contribution in [1.29, 1.82) is 0 Å². The maximum atomic E-state index is 12.5. The lowest BCUT2D eigenvalue weighted by atomic mass is 10.4.